The Morgan fingerprint density at radius 1 is 1.08 bits per heavy atom. The first kappa shape index (κ1) is 17.7. The van der Waals surface area contributed by atoms with E-state index in [1.807, 2.05) is 24.3 Å². The van der Waals surface area contributed by atoms with Gasteiger partial charge >= 0.3 is 5.97 Å². The number of aryl methyl sites for hydroxylation is 1. The summed E-state index contributed by atoms with van der Waals surface area (Å²) in [4.78, 5) is 16.2. The minimum atomic E-state index is -0.555. The molecule has 26 heavy (non-hydrogen) atoms. The van der Waals surface area contributed by atoms with Crippen LogP contribution >= 0.6 is 0 Å². The van der Waals surface area contributed by atoms with Crippen LogP contribution in [0.25, 0.3) is 6.08 Å². The molecule has 6 heteroatoms. The number of nitrogens with zero attached hydrogens (tertiary/aromatic N) is 1. The van der Waals surface area contributed by atoms with Gasteiger partial charge in [0.25, 0.3) is 0 Å². The van der Waals surface area contributed by atoms with Crippen LogP contribution < -0.4 is 9.47 Å². The second-order valence-electron chi connectivity index (χ2n) is 5.66. The quantitative estimate of drug-likeness (QED) is 0.585. The second-order valence-corrected chi connectivity index (χ2v) is 5.66. The number of halogens is 1. The van der Waals surface area contributed by atoms with Crippen molar-refractivity contribution in [2.45, 2.75) is 12.8 Å². The molecule has 1 aliphatic rings. The highest BCUT2D eigenvalue weighted by Crippen LogP contribution is 2.25. The van der Waals surface area contributed by atoms with Crippen molar-refractivity contribution in [3.8, 4) is 11.5 Å². The van der Waals surface area contributed by atoms with Gasteiger partial charge in [-0.2, -0.15) is 0 Å². The zero-order valence-corrected chi connectivity index (χ0v) is 14.5. The molecule has 0 fully saturated rings. The molecule has 0 aliphatic carbocycles. The van der Waals surface area contributed by atoms with Crippen molar-refractivity contribution in [1.82, 2.24) is 0 Å². The number of benzene rings is 2. The number of esters is 1. The largest absolute Gasteiger partial charge is 0.497 e. The summed E-state index contributed by atoms with van der Waals surface area (Å²) >= 11 is 0. The molecule has 5 nitrogen and oxygen atoms in total. The van der Waals surface area contributed by atoms with Crippen LogP contribution in [0.15, 0.2) is 53.2 Å². The van der Waals surface area contributed by atoms with Crippen LogP contribution in [0, 0.1) is 5.82 Å². The van der Waals surface area contributed by atoms with E-state index in [-0.39, 0.29) is 5.70 Å². The first-order valence-corrected chi connectivity index (χ1v) is 8.07. The Morgan fingerprint density at radius 2 is 1.85 bits per heavy atom. The van der Waals surface area contributed by atoms with Crippen LogP contribution in [0.1, 0.15) is 17.5 Å². The summed E-state index contributed by atoms with van der Waals surface area (Å²) in [5.74, 6) is 0.599. The van der Waals surface area contributed by atoms with Gasteiger partial charge in [0.1, 0.15) is 17.3 Å². The van der Waals surface area contributed by atoms with Gasteiger partial charge in [0, 0.05) is 12.0 Å². The highest BCUT2D eigenvalue weighted by atomic mass is 19.1. The van der Waals surface area contributed by atoms with Crippen molar-refractivity contribution < 1.29 is 23.4 Å². The number of carbonyl (C=O) groups excluding carboxylic acids is 1. The molecule has 0 radical (unpaired) electrons. The molecule has 0 atom stereocenters. The van der Waals surface area contributed by atoms with Gasteiger partial charge in [-0.05, 0) is 48.4 Å². The molecule has 0 amide bonds. The van der Waals surface area contributed by atoms with Gasteiger partial charge in [0.05, 0.1) is 14.2 Å². The zero-order valence-electron chi connectivity index (χ0n) is 14.5. The molecule has 2 aromatic carbocycles. The van der Waals surface area contributed by atoms with E-state index in [9.17, 15) is 9.18 Å². The number of carbonyl (C=O) groups is 1. The van der Waals surface area contributed by atoms with Gasteiger partial charge in [-0.1, -0.05) is 12.1 Å². The Balaban J connectivity index is 1.73. The molecular formula is C20H18FNO4. The molecule has 0 saturated heterocycles. The summed E-state index contributed by atoms with van der Waals surface area (Å²) in [6.07, 6.45) is 2.62. The SMILES string of the molecule is COc1ccc(CCC2=N/C(=C/c3cc(F)ccc3OC)C(=O)O2)cc1. The molecule has 1 heterocycles. The number of cyclic esters (lactones) is 1. The highest BCUT2D eigenvalue weighted by Gasteiger charge is 2.23. The number of hydrogen-bond donors (Lipinski definition) is 0. The maximum Gasteiger partial charge on any atom is 0.363 e. The van der Waals surface area contributed by atoms with Crippen molar-refractivity contribution in [3.63, 3.8) is 0 Å². The minimum absolute atomic E-state index is 0.124. The Morgan fingerprint density at radius 3 is 2.54 bits per heavy atom. The average Bonchev–Trinajstić information content (AvgIpc) is 3.00. The molecule has 0 N–H and O–H groups in total. The van der Waals surface area contributed by atoms with Crippen LogP contribution in [0.3, 0.4) is 0 Å². The van der Waals surface area contributed by atoms with Gasteiger partial charge in [-0.25, -0.2) is 14.2 Å². The lowest BCUT2D eigenvalue weighted by atomic mass is 10.1. The summed E-state index contributed by atoms with van der Waals surface area (Å²) in [5.41, 5.74) is 1.63. The van der Waals surface area contributed by atoms with E-state index in [4.69, 9.17) is 14.2 Å². The van der Waals surface area contributed by atoms with E-state index in [0.29, 0.717) is 30.1 Å². The third kappa shape index (κ3) is 4.08. The van der Waals surface area contributed by atoms with E-state index in [1.165, 1.54) is 31.4 Å². The van der Waals surface area contributed by atoms with E-state index >= 15 is 0 Å². The molecule has 0 aromatic heterocycles. The molecule has 1 aliphatic heterocycles. The normalized spacial score (nSPS) is 15.0. The second kappa shape index (κ2) is 7.82. The fraction of sp³-hybridized carbons (Fsp3) is 0.200. The molecule has 3 rings (SSSR count). The van der Waals surface area contributed by atoms with Crippen molar-refractivity contribution in [2.75, 3.05) is 14.2 Å². The molecule has 0 saturated carbocycles. The Labute approximate surface area is 150 Å². The van der Waals surface area contributed by atoms with E-state index < -0.39 is 11.8 Å². The minimum Gasteiger partial charge on any atom is -0.497 e. The molecular weight excluding hydrogens is 337 g/mol. The molecule has 0 spiro atoms. The van der Waals surface area contributed by atoms with Gasteiger partial charge < -0.3 is 14.2 Å². The zero-order chi connectivity index (χ0) is 18.5. The van der Waals surface area contributed by atoms with Crippen LogP contribution in [-0.4, -0.2) is 26.1 Å². The fourth-order valence-electron chi connectivity index (χ4n) is 2.57. The Hall–Kier alpha value is -3.15. The van der Waals surface area contributed by atoms with Crippen LogP contribution in [0.4, 0.5) is 4.39 Å². The van der Waals surface area contributed by atoms with Crippen molar-refractivity contribution >= 4 is 17.9 Å². The van der Waals surface area contributed by atoms with Crippen LogP contribution in [0.2, 0.25) is 0 Å². The third-order valence-electron chi connectivity index (χ3n) is 3.94. The van der Waals surface area contributed by atoms with E-state index in [0.717, 1.165) is 11.3 Å². The maximum absolute atomic E-state index is 13.4. The number of hydrogen-bond acceptors (Lipinski definition) is 5. The third-order valence-corrected chi connectivity index (χ3v) is 3.94. The standard InChI is InChI=1S/C20H18FNO4/c1-24-16-7-3-13(4-8-16)5-10-19-22-17(20(23)26-19)12-14-11-15(21)6-9-18(14)25-2/h3-4,6-9,11-12H,5,10H2,1-2H3/b17-12+. The van der Waals surface area contributed by atoms with Gasteiger partial charge in [-0.3, -0.25) is 0 Å². The monoisotopic (exact) mass is 355 g/mol. The molecule has 2 aromatic rings. The average molecular weight is 355 g/mol. The van der Waals surface area contributed by atoms with Crippen LogP contribution in [0.5, 0.6) is 11.5 Å². The van der Waals surface area contributed by atoms with Crippen LogP contribution in [-0.2, 0) is 16.0 Å². The van der Waals surface area contributed by atoms with Gasteiger partial charge in [-0.15, -0.1) is 0 Å². The Kier molecular flexibility index (Phi) is 5.31. The topological polar surface area (TPSA) is 57.1 Å². The molecule has 0 bridgehead atoms. The van der Waals surface area contributed by atoms with Crippen molar-refractivity contribution in [1.29, 1.82) is 0 Å². The summed E-state index contributed by atoms with van der Waals surface area (Å²) < 4.78 is 28.9. The highest BCUT2D eigenvalue weighted by molar-refractivity contribution is 6.07. The summed E-state index contributed by atoms with van der Waals surface area (Å²) in [5, 5.41) is 0. The number of rotatable bonds is 6. The smallest absolute Gasteiger partial charge is 0.363 e. The van der Waals surface area contributed by atoms with E-state index in [2.05, 4.69) is 4.99 Å². The Bertz CT molecular complexity index is 872. The molecule has 0 unspecified atom stereocenters. The lowest BCUT2D eigenvalue weighted by Crippen LogP contribution is -2.05. The lowest BCUT2D eigenvalue weighted by Gasteiger charge is -2.04. The maximum atomic E-state index is 13.4. The summed E-state index contributed by atoms with van der Waals surface area (Å²) in [6.45, 7) is 0. The summed E-state index contributed by atoms with van der Waals surface area (Å²) in [6, 6.07) is 11.7. The first-order chi connectivity index (χ1) is 12.6. The van der Waals surface area contributed by atoms with Gasteiger partial charge in [0.15, 0.2) is 11.6 Å². The predicted octanol–water partition coefficient (Wildman–Crippen LogP) is 3.77. The van der Waals surface area contributed by atoms with Gasteiger partial charge in [0.2, 0.25) is 0 Å². The predicted molar refractivity (Wildman–Crippen MR) is 95.8 cm³/mol. The first-order valence-electron chi connectivity index (χ1n) is 8.07. The van der Waals surface area contributed by atoms with Crippen molar-refractivity contribution in [3.05, 3.63) is 65.1 Å². The lowest BCUT2D eigenvalue weighted by molar-refractivity contribution is -0.130. The fourth-order valence-corrected chi connectivity index (χ4v) is 2.57. The number of aliphatic imine (C=N–C) groups is 1. The number of methoxy groups -OCH3 is 2. The summed E-state index contributed by atoms with van der Waals surface area (Å²) in [7, 11) is 3.09. The van der Waals surface area contributed by atoms with E-state index in [1.54, 1.807) is 7.11 Å². The molecule has 134 valence electrons. The van der Waals surface area contributed by atoms with Crippen molar-refractivity contribution in [2.24, 2.45) is 4.99 Å². The number of ether oxygens (including phenoxy) is 3.